The summed E-state index contributed by atoms with van der Waals surface area (Å²) < 4.78 is 1.80. The minimum absolute atomic E-state index is 0.746. The van der Waals surface area contributed by atoms with Crippen LogP contribution in [-0.4, -0.2) is 25.0 Å². The Bertz CT molecular complexity index is 670. The number of nitrogens with zero attached hydrogens (tertiary/aromatic N) is 4. The third-order valence-corrected chi connectivity index (χ3v) is 3.07. The van der Waals surface area contributed by atoms with Crippen LogP contribution in [0.5, 0.6) is 0 Å². The molecule has 102 valence electrons. The Kier molecular flexibility index (Phi) is 3.56. The van der Waals surface area contributed by atoms with Crippen LogP contribution in [0.2, 0.25) is 0 Å². The third-order valence-electron chi connectivity index (χ3n) is 3.07. The van der Waals surface area contributed by atoms with Crippen LogP contribution >= 0.6 is 0 Å². The summed E-state index contributed by atoms with van der Waals surface area (Å²) >= 11 is 0. The number of aromatic amines is 1. The first-order valence-corrected chi connectivity index (χ1v) is 6.44. The van der Waals surface area contributed by atoms with E-state index in [0.717, 1.165) is 29.9 Å². The van der Waals surface area contributed by atoms with Gasteiger partial charge >= 0.3 is 0 Å². The minimum Gasteiger partial charge on any atom is -0.308 e. The van der Waals surface area contributed by atoms with Gasteiger partial charge in [-0.3, -0.25) is 14.8 Å². The van der Waals surface area contributed by atoms with E-state index >= 15 is 0 Å². The number of aryl methyl sites for hydroxylation is 1. The van der Waals surface area contributed by atoms with E-state index in [1.165, 1.54) is 5.56 Å². The van der Waals surface area contributed by atoms with Crippen molar-refractivity contribution in [3.63, 3.8) is 0 Å². The molecule has 2 N–H and O–H groups in total. The van der Waals surface area contributed by atoms with Crippen LogP contribution in [0.3, 0.4) is 0 Å². The van der Waals surface area contributed by atoms with Crippen molar-refractivity contribution < 1.29 is 0 Å². The van der Waals surface area contributed by atoms with Crippen molar-refractivity contribution in [1.29, 1.82) is 0 Å². The van der Waals surface area contributed by atoms with Gasteiger partial charge in [0, 0.05) is 55.4 Å². The lowest BCUT2D eigenvalue weighted by Crippen LogP contribution is -2.12. The second kappa shape index (κ2) is 5.66. The van der Waals surface area contributed by atoms with Gasteiger partial charge in [-0.25, -0.2) is 0 Å². The van der Waals surface area contributed by atoms with E-state index in [4.69, 9.17) is 0 Å². The molecule has 0 aliphatic heterocycles. The Morgan fingerprint density at radius 2 is 2.20 bits per heavy atom. The summed E-state index contributed by atoms with van der Waals surface area (Å²) in [4.78, 5) is 4.13. The van der Waals surface area contributed by atoms with E-state index in [0.29, 0.717) is 0 Å². The summed E-state index contributed by atoms with van der Waals surface area (Å²) in [7, 11) is 1.92. The zero-order valence-corrected chi connectivity index (χ0v) is 11.2. The number of hydrogen-bond acceptors (Lipinski definition) is 4. The van der Waals surface area contributed by atoms with Crippen LogP contribution in [0, 0.1) is 0 Å². The van der Waals surface area contributed by atoms with Crippen molar-refractivity contribution in [3.8, 4) is 11.3 Å². The lowest BCUT2D eigenvalue weighted by atomic mass is 10.1. The number of rotatable bonds is 5. The Labute approximate surface area is 116 Å². The van der Waals surface area contributed by atoms with E-state index in [1.54, 1.807) is 10.9 Å². The third kappa shape index (κ3) is 2.75. The first-order valence-electron chi connectivity index (χ1n) is 6.44. The van der Waals surface area contributed by atoms with Gasteiger partial charge in [-0.15, -0.1) is 0 Å². The number of aromatic nitrogens is 5. The van der Waals surface area contributed by atoms with Crippen LogP contribution in [0.1, 0.15) is 11.1 Å². The van der Waals surface area contributed by atoms with Crippen LogP contribution in [-0.2, 0) is 20.1 Å². The van der Waals surface area contributed by atoms with Gasteiger partial charge in [-0.2, -0.15) is 10.2 Å². The molecule has 0 unspecified atom stereocenters. The maximum Gasteiger partial charge on any atom is 0.0710 e. The summed E-state index contributed by atoms with van der Waals surface area (Å²) in [5, 5.41) is 14.7. The minimum atomic E-state index is 0.746. The Morgan fingerprint density at radius 3 is 2.95 bits per heavy atom. The van der Waals surface area contributed by atoms with E-state index in [-0.39, 0.29) is 0 Å². The molecule has 0 aliphatic carbocycles. The summed E-state index contributed by atoms with van der Waals surface area (Å²) in [5.41, 5.74) is 4.35. The molecule has 6 nitrogen and oxygen atoms in total. The largest absolute Gasteiger partial charge is 0.308 e. The zero-order chi connectivity index (χ0) is 13.8. The quantitative estimate of drug-likeness (QED) is 0.735. The van der Waals surface area contributed by atoms with Crippen LogP contribution < -0.4 is 5.32 Å². The fraction of sp³-hybridized carbons (Fsp3) is 0.214. The van der Waals surface area contributed by atoms with Gasteiger partial charge in [0.2, 0.25) is 0 Å². The first-order chi connectivity index (χ1) is 9.83. The highest BCUT2D eigenvalue weighted by Crippen LogP contribution is 2.19. The normalized spacial score (nSPS) is 10.8. The van der Waals surface area contributed by atoms with Gasteiger partial charge in [0.25, 0.3) is 0 Å². The number of nitrogens with one attached hydrogen (secondary N) is 2. The second-order valence-corrected chi connectivity index (χ2v) is 4.64. The highest BCUT2D eigenvalue weighted by molar-refractivity contribution is 5.61. The molecule has 20 heavy (non-hydrogen) atoms. The smallest absolute Gasteiger partial charge is 0.0710 e. The molecule has 3 aromatic heterocycles. The molecule has 0 amide bonds. The van der Waals surface area contributed by atoms with Gasteiger partial charge in [-0.1, -0.05) is 0 Å². The molecule has 0 saturated heterocycles. The monoisotopic (exact) mass is 268 g/mol. The molecule has 0 bridgehead atoms. The van der Waals surface area contributed by atoms with Gasteiger partial charge in [0.05, 0.1) is 18.1 Å². The molecule has 3 heterocycles. The standard InChI is InChI=1S/C14H16N6/c1-20-10-11(6-18-20)5-16-8-13-9-17-19-14(13)12-3-2-4-15-7-12/h2-4,6-7,9-10,16H,5,8H2,1H3,(H,17,19). The predicted molar refractivity (Wildman–Crippen MR) is 75.6 cm³/mol. The molecule has 0 radical (unpaired) electrons. The Morgan fingerprint density at radius 1 is 1.25 bits per heavy atom. The zero-order valence-electron chi connectivity index (χ0n) is 11.2. The molecule has 0 saturated carbocycles. The highest BCUT2D eigenvalue weighted by Gasteiger charge is 2.07. The van der Waals surface area contributed by atoms with Crippen molar-refractivity contribution in [2.24, 2.45) is 7.05 Å². The molecule has 0 atom stereocenters. The van der Waals surface area contributed by atoms with Crippen molar-refractivity contribution in [2.45, 2.75) is 13.1 Å². The Balaban J connectivity index is 1.65. The first kappa shape index (κ1) is 12.6. The fourth-order valence-electron chi connectivity index (χ4n) is 2.11. The maximum absolute atomic E-state index is 4.15. The number of pyridine rings is 1. The summed E-state index contributed by atoms with van der Waals surface area (Å²) in [6.45, 7) is 1.53. The lowest BCUT2D eigenvalue weighted by Gasteiger charge is -2.04. The molecule has 3 rings (SSSR count). The van der Waals surface area contributed by atoms with E-state index in [9.17, 15) is 0 Å². The van der Waals surface area contributed by atoms with Crippen molar-refractivity contribution in [1.82, 2.24) is 30.3 Å². The maximum atomic E-state index is 4.15. The summed E-state index contributed by atoms with van der Waals surface area (Å²) in [6.07, 6.45) is 9.31. The SMILES string of the molecule is Cn1cc(CNCc2cn[nH]c2-c2cccnc2)cn1. The predicted octanol–water partition coefficient (Wildman–Crippen LogP) is 1.49. The highest BCUT2D eigenvalue weighted by atomic mass is 15.2. The molecular weight excluding hydrogens is 252 g/mol. The van der Waals surface area contributed by atoms with E-state index < -0.39 is 0 Å². The molecule has 0 spiro atoms. The average Bonchev–Trinajstić information content (AvgIpc) is 3.09. The van der Waals surface area contributed by atoms with Gasteiger partial charge < -0.3 is 5.32 Å². The van der Waals surface area contributed by atoms with Crippen molar-refractivity contribution >= 4 is 0 Å². The molecule has 6 heteroatoms. The molecule has 0 aliphatic rings. The molecule has 0 fully saturated rings. The topological polar surface area (TPSA) is 71.4 Å². The Hall–Kier alpha value is -2.47. The average molecular weight is 268 g/mol. The number of hydrogen-bond donors (Lipinski definition) is 2. The van der Waals surface area contributed by atoms with Gasteiger partial charge in [0.15, 0.2) is 0 Å². The van der Waals surface area contributed by atoms with Gasteiger partial charge in [-0.05, 0) is 12.1 Å². The fourth-order valence-corrected chi connectivity index (χ4v) is 2.11. The molecular formula is C14H16N6. The summed E-state index contributed by atoms with van der Waals surface area (Å²) in [5.74, 6) is 0. The number of H-pyrrole nitrogens is 1. The molecule has 0 aromatic carbocycles. The van der Waals surface area contributed by atoms with Crippen LogP contribution in [0.15, 0.2) is 43.1 Å². The van der Waals surface area contributed by atoms with Gasteiger partial charge in [0.1, 0.15) is 0 Å². The summed E-state index contributed by atoms with van der Waals surface area (Å²) in [6, 6.07) is 3.94. The van der Waals surface area contributed by atoms with Crippen LogP contribution in [0.25, 0.3) is 11.3 Å². The lowest BCUT2D eigenvalue weighted by molar-refractivity contribution is 0.693. The molecule has 3 aromatic rings. The van der Waals surface area contributed by atoms with Crippen molar-refractivity contribution in [3.05, 3.63) is 54.2 Å². The van der Waals surface area contributed by atoms with E-state index in [1.807, 2.05) is 44.0 Å². The second-order valence-electron chi connectivity index (χ2n) is 4.64. The van der Waals surface area contributed by atoms with Crippen LogP contribution in [0.4, 0.5) is 0 Å². The van der Waals surface area contributed by atoms with Crippen molar-refractivity contribution in [2.75, 3.05) is 0 Å². The van der Waals surface area contributed by atoms with E-state index in [2.05, 4.69) is 25.6 Å².